The van der Waals surface area contributed by atoms with Gasteiger partial charge in [0.05, 0.1) is 30.5 Å². The Morgan fingerprint density at radius 3 is 2.18 bits per heavy atom. The number of carbonyl (C=O) groups excluding carboxylic acids is 1. The zero-order valence-corrected chi connectivity index (χ0v) is 27.9. The minimum atomic E-state index is -1.58. The summed E-state index contributed by atoms with van der Waals surface area (Å²) < 4.78 is 12.2. The Morgan fingerprint density at radius 1 is 0.867 bits per heavy atom. The van der Waals surface area contributed by atoms with Crippen molar-refractivity contribution in [3.05, 3.63) is 0 Å². The quantitative estimate of drug-likeness (QED) is 0.208. The monoisotopic (exact) mass is 638 g/mol. The van der Waals surface area contributed by atoms with Crippen LogP contribution in [0.1, 0.15) is 99.3 Å². The van der Waals surface area contributed by atoms with E-state index in [1.165, 1.54) is 0 Å². The van der Waals surface area contributed by atoms with Gasteiger partial charge in [0, 0.05) is 24.2 Å². The van der Waals surface area contributed by atoms with Gasteiger partial charge >= 0.3 is 0 Å². The number of carbonyl (C=O) groups is 1. The highest BCUT2D eigenvalue weighted by Crippen LogP contribution is 2.88. The molecule has 2 spiro atoms. The van der Waals surface area contributed by atoms with E-state index >= 15 is 0 Å². The van der Waals surface area contributed by atoms with Crippen molar-refractivity contribution in [2.75, 3.05) is 6.61 Å². The third-order valence-electron chi connectivity index (χ3n) is 15.3. The van der Waals surface area contributed by atoms with Crippen molar-refractivity contribution in [2.45, 2.75) is 154 Å². The minimum absolute atomic E-state index is 0.00345. The van der Waals surface area contributed by atoms with E-state index in [-0.39, 0.29) is 52.6 Å². The molecule has 17 atom stereocenters. The maximum absolute atomic E-state index is 12.5. The molecule has 5 saturated carbocycles. The smallest absolute Gasteiger partial charge is 0.187 e. The largest absolute Gasteiger partial charge is 0.394 e. The lowest BCUT2D eigenvalue weighted by Crippen LogP contribution is -2.68. The number of aliphatic hydroxyl groups excluding tert-OH is 7. The summed E-state index contributed by atoms with van der Waals surface area (Å²) in [4.78, 5) is 12.5. The predicted octanol–water partition coefficient (Wildman–Crippen LogP) is 1.92. The van der Waals surface area contributed by atoms with E-state index in [1.807, 2.05) is 20.8 Å². The Hall–Kier alpha value is -0.690. The van der Waals surface area contributed by atoms with Gasteiger partial charge in [-0.25, -0.2) is 0 Å². The van der Waals surface area contributed by atoms with E-state index in [0.717, 1.165) is 38.5 Å². The summed E-state index contributed by atoms with van der Waals surface area (Å²) in [5.41, 5.74) is -1.80. The molecule has 6 fully saturated rings. The van der Waals surface area contributed by atoms with Crippen molar-refractivity contribution in [3.8, 4) is 0 Å². The van der Waals surface area contributed by atoms with Gasteiger partial charge in [0.1, 0.15) is 30.2 Å². The molecule has 1 unspecified atom stereocenters. The van der Waals surface area contributed by atoms with Gasteiger partial charge in [-0.3, -0.25) is 4.79 Å². The first-order chi connectivity index (χ1) is 20.9. The second-order valence-corrected chi connectivity index (χ2v) is 17.1. The Bertz CT molecular complexity index is 1150. The number of rotatable bonds is 8. The highest BCUT2D eigenvalue weighted by atomic mass is 16.7. The molecule has 7 N–H and O–H groups in total. The third kappa shape index (κ3) is 4.49. The number of aliphatic hydroxyl groups is 7. The van der Waals surface area contributed by atoms with Crippen LogP contribution in [0.2, 0.25) is 0 Å². The third-order valence-corrected chi connectivity index (χ3v) is 15.3. The van der Waals surface area contributed by atoms with Crippen molar-refractivity contribution in [1.29, 1.82) is 0 Å². The van der Waals surface area contributed by atoms with E-state index in [0.29, 0.717) is 18.3 Å². The molecule has 5 aliphatic carbocycles. The van der Waals surface area contributed by atoms with Crippen LogP contribution in [0.4, 0.5) is 0 Å². The summed E-state index contributed by atoms with van der Waals surface area (Å²) in [6.45, 7) is 12.0. The van der Waals surface area contributed by atoms with Crippen LogP contribution in [0.25, 0.3) is 0 Å². The van der Waals surface area contributed by atoms with Crippen LogP contribution in [0.5, 0.6) is 0 Å². The number of ether oxygens (including phenoxy) is 2. The average molecular weight is 639 g/mol. The van der Waals surface area contributed by atoms with Gasteiger partial charge < -0.3 is 45.2 Å². The Balaban J connectivity index is 1.27. The molecule has 0 radical (unpaired) electrons. The molecule has 6 aliphatic rings. The molecule has 6 rings (SSSR count). The van der Waals surface area contributed by atoms with Crippen molar-refractivity contribution >= 4 is 5.78 Å². The van der Waals surface area contributed by atoms with Gasteiger partial charge in [0.15, 0.2) is 6.29 Å². The second-order valence-electron chi connectivity index (χ2n) is 17.1. The highest BCUT2D eigenvalue weighted by Gasteiger charge is 2.85. The van der Waals surface area contributed by atoms with Gasteiger partial charge in [0.2, 0.25) is 0 Å². The highest BCUT2D eigenvalue weighted by molar-refractivity contribution is 5.80. The van der Waals surface area contributed by atoms with Crippen LogP contribution >= 0.6 is 0 Å². The first-order valence-electron chi connectivity index (χ1n) is 17.5. The van der Waals surface area contributed by atoms with Crippen LogP contribution in [-0.4, -0.2) is 103 Å². The van der Waals surface area contributed by atoms with Crippen molar-refractivity contribution < 1.29 is 50.0 Å². The van der Waals surface area contributed by atoms with Crippen molar-refractivity contribution in [1.82, 2.24) is 0 Å². The molecule has 45 heavy (non-hydrogen) atoms. The summed E-state index contributed by atoms with van der Waals surface area (Å²) >= 11 is 0. The molecule has 0 bridgehead atoms. The fourth-order valence-electron chi connectivity index (χ4n) is 12.4. The van der Waals surface area contributed by atoms with Crippen LogP contribution in [0.15, 0.2) is 0 Å². The minimum Gasteiger partial charge on any atom is -0.394 e. The summed E-state index contributed by atoms with van der Waals surface area (Å²) in [6, 6.07) is 0. The van der Waals surface area contributed by atoms with Crippen molar-refractivity contribution in [2.24, 2.45) is 51.2 Å². The molecule has 1 aliphatic heterocycles. The molecule has 0 amide bonds. The van der Waals surface area contributed by atoms with E-state index < -0.39 is 66.6 Å². The topological polar surface area (TPSA) is 177 Å². The molecule has 0 aromatic rings. The van der Waals surface area contributed by atoms with Crippen LogP contribution in [0, 0.1) is 51.2 Å². The molecule has 1 saturated heterocycles. The molecule has 10 nitrogen and oxygen atoms in total. The lowest BCUT2D eigenvalue weighted by Gasteiger charge is -2.64. The first kappa shape index (κ1) is 34.2. The van der Waals surface area contributed by atoms with Gasteiger partial charge in [-0.05, 0) is 91.8 Å². The summed E-state index contributed by atoms with van der Waals surface area (Å²) in [6.07, 6.45) is -2.82. The maximum atomic E-state index is 12.5. The number of ketones is 1. The van der Waals surface area contributed by atoms with Gasteiger partial charge in [0.25, 0.3) is 0 Å². The molecule has 1 heterocycles. The fourth-order valence-corrected chi connectivity index (χ4v) is 12.4. The first-order valence-corrected chi connectivity index (χ1v) is 17.5. The summed E-state index contributed by atoms with van der Waals surface area (Å²) in [5, 5.41) is 75.7. The summed E-state index contributed by atoms with van der Waals surface area (Å²) in [7, 11) is 0. The van der Waals surface area contributed by atoms with E-state index in [4.69, 9.17) is 9.47 Å². The number of fused-ring (bicyclic) bond motifs is 2. The maximum Gasteiger partial charge on any atom is 0.187 e. The lowest BCUT2D eigenvalue weighted by atomic mass is 9.42. The van der Waals surface area contributed by atoms with Gasteiger partial charge in [-0.2, -0.15) is 0 Å². The normalized spacial score (nSPS) is 55.2. The van der Waals surface area contributed by atoms with Crippen LogP contribution in [-0.2, 0) is 14.3 Å². The standard InChI is InChI=1S/C35H58O10/c1-17(2)20(37)13-21(38)18(3)19-9-10-32(5)23-7-8-24-33(6,45-30-29(43)28(42)27(41)22(15-36)44-30)25(39)14-26(40)35(24)16-34(23,35)12-11-31(19,32)4/h17-19,21-30,36,38-43H,7-16H2,1-6H3/t18-,19+,21+,22+,23-,24?,25-,26-,27+,28-,29+,30-,31+,32-,33-,34-,35+/m0/s1. The van der Waals surface area contributed by atoms with Crippen LogP contribution in [0.3, 0.4) is 0 Å². The molecular formula is C35H58O10. The van der Waals surface area contributed by atoms with E-state index in [1.54, 1.807) is 0 Å². The fraction of sp³-hybridized carbons (Fsp3) is 0.971. The van der Waals surface area contributed by atoms with Gasteiger partial charge in [-0.15, -0.1) is 0 Å². The molecule has 10 heteroatoms. The number of hydrogen-bond acceptors (Lipinski definition) is 10. The molecule has 258 valence electrons. The zero-order valence-electron chi connectivity index (χ0n) is 27.9. The average Bonchev–Trinajstić information content (AvgIpc) is 3.61. The Kier molecular flexibility index (Phi) is 8.49. The molecular weight excluding hydrogens is 580 g/mol. The number of hydrogen-bond donors (Lipinski definition) is 7. The van der Waals surface area contributed by atoms with Crippen molar-refractivity contribution in [3.63, 3.8) is 0 Å². The Labute approximate surface area is 267 Å². The molecule has 0 aromatic carbocycles. The lowest BCUT2D eigenvalue weighted by molar-refractivity contribution is -0.356. The van der Waals surface area contributed by atoms with E-state index in [2.05, 4.69) is 20.8 Å². The SMILES string of the molecule is CC(C)C(=O)C[C@@H](O)[C@@H](C)[C@H]1CC[C@@]2(C)[C@@H]3CCC4[C@](C)(O[C@@H]5O[C@H](CO)[C@@H](O)[C@H](O)[C@H]5O)[C@@H](O)C[C@H](O)[C@@]45C[C@@]35CC[C@]12C. The van der Waals surface area contributed by atoms with Gasteiger partial charge in [-0.1, -0.05) is 34.6 Å². The zero-order chi connectivity index (χ0) is 33.1. The van der Waals surface area contributed by atoms with Crippen LogP contribution < -0.4 is 0 Å². The van der Waals surface area contributed by atoms with E-state index in [9.17, 15) is 40.5 Å². The Morgan fingerprint density at radius 2 is 1.53 bits per heavy atom. The number of Topliss-reactive ketones (excluding diaryl/α,β-unsaturated/α-hetero) is 1. The summed E-state index contributed by atoms with van der Waals surface area (Å²) in [5.74, 6) is 0.434. The predicted molar refractivity (Wildman–Crippen MR) is 163 cm³/mol. The second kappa shape index (κ2) is 11.2. The molecule has 0 aromatic heterocycles.